The maximum absolute atomic E-state index is 5.17. The first-order valence-electron chi connectivity index (χ1n) is 21.6. The predicted molar refractivity (Wildman–Crippen MR) is 263 cm³/mol. The highest BCUT2D eigenvalue weighted by atomic mass is 14.9. The Labute approximate surface area is 365 Å². The van der Waals surface area contributed by atoms with Gasteiger partial charge in [-0.2, -0.15) is 0 Å². The summed E-state index contributed by atoms with van der Waals surface area (Å²) in [5, 5.41) is 4.85. The summed E-state index contributed by atoms with van der Waals surface area (Å²) in [6, 6.07) is 70.7. The molecule has 0 atom stereocenters. The molecule has 0 fully saturated rings. The second kappa shape index (κ2) is 17.6. The van der Waals surface area contributed by atoms with Crippen LogP contribution in [0.3, 0.4) is 0 Å². The molecule has 0 unspecified atom stereocenters. The molecule has 9 aromatic rings. The molecule has 300 valence electrons. The van der Waals surface area contributed by atoms with Crippen molar-refractivity contribution in [2.75, 3.05) is 0 Å². The first kappa shape index (κ1) is 39.9. The molecule has 0 bridgehead atoms. The number of allylic oxidation sites excluding steroid dienone is 2. The van der Waals surface area contributed by atoms with Gasteiger partial charge in [-0.25, -0.2) is 15.0 Å². The first-order chi connectivity index (χ1) is 30.4. The average molecular weight is 800 g/mol. The van der Waals surface area contributed by atoms with Gasteiger partial charge in [-0.1, -0.05) is 202 Å². The molecule has 3 heteroatoms. The summed E-state index contributed by atoms with van der Waals surface area (Å²) in [5.41, 5.74) is 13.2. The first-order valence-corrected chi connectivity index (χ1v) is 21.6. The molecular weight excluding hydrogens is 751 g/mol. The Bertz CT molecular complexity index is 3080. The van der Waals surface area contributed by atoms with Crippen LogP contribution in [0.2, 0.25) is 0 Å². The van der Waals surface area contributed by atoms with E-state index in [-0.39, 0.29) is 5.41 Å². The molecule has 1 aromatic heterocycles. The van der Waals surface area contributed by atoms with Gasteiger partial charge in [-0.3, -0.25) is 0 Å². The van der Waals surface area contributed by atoms with Gasteiger partial charge in [-0.05, 0) is 93.4 Å². The zero-order valence-corrected chi connectivity index (χ0v) is 35.6. The second-order valence-corrected chi connectivity index (χ2v) is 16.0. The Hall–Kier alpha value is -7.49. The summed E-state index contributed by atoms with van der Waals surface area (Å²) in [5.74, 6) is 0.709. The lowest BCUT2D eigenvalue weighted by atomic mass is 9.70. The van der Waals surface area contributed by atoms with Crippen LogP contribution in [0, 0.1) is 0 Å². The van der Waals surface area contributed by atoms with Crippen LogP contribution in [0.25, 0.3) is 66.7 Å². The molecule has 3 nitrogen and oxygen atoms in total. The third-order valence-electron chi connectivity index (χ3n) is 12.4. The summed E-state index contributed by atoms with van der Waals surface area (Å²) in [6.07, 6.45) is 4.07. The van der Waals surface area contributed by atoms with Gasteiger partial charge in [-0.15, -0.1) is 0 Å². The number of fused-ring (bicyclic) bond motifs is 2. The maximum Gasteiger partial charge on any atom is 0.160 e. The van der Waals surface area contributed by atoms with Gasteiger partial charge in [0.15, 0.2) is 5.82 Å². The van der Waals surface area contributed by atoms with E-state index in [4.69, 9.17) is 15.0 Å². The third-order valence-corrected chi connectivity index (χ3v) is 12.4. The lowest BCUT2D eigenvalue weighted by Gasteiger charge is -2.33. The van der Waals surface area contributed by atoms with Crippen molar-refractivity contribution in [1.29, 1.82) is 0 Å². The Balaban J connectivity index is 1.01. The molecule has 0 N–H and O–H groups in total. The van der Waals surface area contributed by atoms with Gasteiger partial charge in [0, 0.05) is 27.7 Å². The molecule has 0 radical (unpaired) electrons. The summed E-state index contributed by atoms with van der Waals surface area (Å²) < 4.78 is 0. The molecule has 62 heavy (non-hydrogen) atoms. The Morgan fingerprint density at radius 1 is 0.484 bits per heavy atom. The van der Waals surface area contributed by atoms with Crippen LogP contribution < -0.4 is 0 Å². The minimum atomic E-state index is -0.181. The van der Waals surface area contributed by atoms with Crippen molar-refractivity contribution in [3.63, 3.8) is 0 Å². The minimum absolute atomic E-state index is 0.181. The topological polar surface area (TPSA) is 38.1 Å². The van der Waals surface area contributed by atoms with Gasteiger partial charge in [0.1, 0.15) is 0 Å². The fraction of sp³-hybridized carbons (Fsp3) is 0.102. The molecule has 0 spiro atoms. The minimum Gasteiger partial charge on any atom is -0.248 e. The average Bonchev–Trinajstić information content (AvgIpc) is 3.34. The van der Waals surface area contributed by atoms with Crippen molar-refractivity contribution in [2.45, 2.75) is 39.0 Å². The second-order valence-electron chi connectivity index (χ2n) is 16.0. The van der Waals surface area contributed by atoms with Gasteiger partial charge in [0.05, 0.1) is 22.8 Å². The quantitative estimate of drug-likeness (QED) is 0.115. The summed E-state index contributed by atoms with van der Waals surface area (Å²) in [7, 11) is 0. The van der Waals surface area contributed by atoms with Crippen LogP contribution in [-0.2, 0) is 5.41 Å². The molecule has 0 aliphatic heterocycles. The smallest absolute Gasteiger partial charge is 0.160 e. The lowest BCUT2D eigenvalue weighted by molar-refractivity contribution is 0.478. The molecular formula is C59H49N3. The van der Waals surface area contributed by atoms with Gasteiger partial charge < -0.3 is 0 Å². The van der Waals surface area contributed by atoms with E-state index in [2.05, 4.69) is 221 Å². The van der Waals surface area contributed by atoms with E-state index in [1.165, 1.54) is 38.2 Å². The molecule has 0 saturated heterocycles. The zero-order chi connectivity index (χ0) is 42.5. The normalized spacial score (nSPS) is 12.2. The van der Waals surface area contributed by atoms with Crippen molar-refractivity contribution >= 4 is 38.5 Å². The highest BCUT2D eigenvalue weighted by molar-refractivity contribution is 6.14. The Morgan fingerprint density at radius 3 is 1.61 bits per heavy atom. The molecule has 0 saturated carbocycles. The van der Waals surface area contributed by atoms with E-state index in [9.17, 15) is 0 Å². The van der Waals surface area contributed by atoms with Crippen molar-refractivity contribution in [3.05, 3.63) is 241 Å². The van der Waals surface area contributed by atoms with E-state index in [1.54, 1.807) is 0 Å². The summed E-state index contributed by atoms with van der Waals surface area (Å²) in [6.45, 7) is 11.2. The van der Waals surface area contributed by atoms with Crippen molar-refractivity contribution < 1.29 is 0 Å². The zero-order valence-electron chi connectivity index (χ0n) is 35.6. The van der Waals surface area contributed by atoms with Gasteiger partial charge in [0.25, 0.3) is 0 Å². The third kappa shape index (κ3) is 8.18. The largest absolute Gasteiger partial charge is 0.248 e. The molecule has 0 aliphatic carbocycles. The van der Waals surface area contributed by atoms with Crippen LogP contribution in [-0.4, -0.2) is 15.7 Å². The van der Waals surface area contributed by atoms with E-state index in [0.29, 0.717) is 5.82 Å². The van der Waals surface area contributed by atoms with Gasteiger partial charge in [0.2, 0.25) is 0 Å². The van der Waals surface area contributed by atoms with Crippen LogP contribution in [0.15, 0.2) is 218 Å². The number of aromatic nitrogens is 2. The predicted octanol–water partition coefficient (Wildman–Crippen LogP) is 15.5. The van der Waals surface area contributed by atoms with E-state index in [0.717, 1.165) is 69.0 Å². The molecule has 0 amide bonds. The Morgan fingerprint density at radius 2 is 0.984 bits per heavy atom. The fourth-order valence-corrected chi connectivity index (χ4v) is 8.70. The number of nitrogens with zero attached hydrogens (tertiary/aromatic N) is 3. The molecule has 0 aliphatic rings. The fourth-order valence-electron chi connectivity index (χ4n) is 8.70. The summed E-state index contributed by atoms with van der Waals surface area (Å²) >= 11 is 0. The number of benzene rings is 8. The lowest BCUT2D eigenvalue weighted by Crippen LogP contribution is -2.26. The van der Waals surface area contributed by atoms with Crippen molar-refractivity contribution in [3.8, 4) is 33.9 Å². The molecule has 1 heterocycles. The van der Waals surface area contributed by atoms with Crippen LogP contribution in [0.5, 0.6) is 0 Å². The number of aliphatic imine (C=N–C) groups is 1. The number of hydrogen-bond donors (Lipinski definition) is 0. The van der Waals surface area contributed by atoms with E-state index in [1.807, 2.05) is 12.1 Å². The highest BCUT2D eigenvalue weighted by Gasteiger charge is 2.31. The SMILES string of the molecule is C=C(N=C(/C=C(\C)c1ccc2ccccc2c1)c1ccccc1)c1ccc(C(CC)(CC)c2ccc(-c3nc(-c4ccccc4)cc(-c4ccc5ccccc5c4)n3)cc2)cc1. The number of hydrogen-bond acceptors (Lipinski definition) is 3. The van der Waals surface area contributed by atoms with Crippen molar-refractivity contribution in [1.82, 2.24) is 9.97 Å². The van der Waals surface area contributed by atoms with E-state index < -0.39 is 0 Å². The molecule has 8 aromatic carbocycles. The molecule has 9 rings (SSSR count). The summed E-state index contributed by atoms with van der Waals surface area (Å²) in [4.78, 5) is 15.5. The monoisotopic (exact) mass is 799 g/mol. The highest BCUT2D eigenvalue weighted by Crippen LogP contribution is 2.40. The van der Waals surface area contributed by atoms with Crippen LogP contribution >= 0.6 is 0 Å². The van der Waals surface area contributed by atoms with Gasteiger partial charge >= 0.3 is 0 Å². The number of rotatable bonds is 12. The Kier molecular flexibility index (Phi) is 11.4. The van der Waals surface area contributed by atoms with Crippen molar-refractivity contribution in [2.24, 2.45) is 4.99 Å². The maximum atomic E-state index is 5.17. The van der Waals surface area contributed by atoms with E-state index >= 15 is 0 Å². The van der Waals surface area contributed by atoms with Crippen LogP contribution in [0.4, 0.5) is 0 Å². The van der Waals surface area contributed by atoms with Crippen LogP contribution in [0.1, 0.15) is 61.4 Å². The standard InChI is InChI=1S/C59H49N3/c1-5-59(6-2,53-33-29-43(30-34-53)42(4)60-55(46-19-9-7-10-20-46)37-41(3)49-27-25-44-17-13-15-23-50(44)38-49)54-35-31-48(32-36-54)58-61-56(47-21-11-8-12-22-47)40-57(62-58)52-28-26-45-18-14-16-24-51(45)39-52/h7-40H,4-6H2,1-3H3/b41-37+,60-55?.